The summed E-state index contributed by atoms with van der Waals surface area (Å²) in [4.78, 5) is 0. The minimum absolute atomic E-state index is 0.185. The average molecular weight is 213 g/mol. The van der Waals surface area contributed by atoms with Crippen molar-refractivity contribution in [3.05, 3.63) is 10.0 Å². The second kappa shape index (κ2) is 2.98. The highest BCUT2D eigenvalue weighted by atomic mass is 32.1. The van der Waals surface area contributed by atoms with Gasteiger partial charge in [0.15, 0.2) is 0 Å². The first-order valence-electron chi connectivity index (χ1n) is 4.65. The van der Waals surface area contributed by atoms with Crippen LogP contribution in [0.2, 0.25) is 0 Å². The van der Waals surface area contributed by atoms with Crippen LogP contribution in [-0.4, -0.2) is 22.5 Å². The lowest BCUT2D eigenvalue weighted by atomic mass is 10.1. The zero-order valence-electron chi connectivity index (χ0n) is 8.92. The molecule has 1 unspecified atom stereocenters. The molecule has 1 aromatic heterocycles. The smallest absolute Gasteiger partial charge is 0.139 e. The van der Waals surface area contributed by atoms with Gasteiger partial charge in [0.1, 0.15) is 15.7 Å². The maximum absolute atomic E-state index is 5.65. The first kappa shape index (κ1) is 10.0. The second-order valence-electron chi connectivity index (χ2n) is 4.38. The van der Waals surface area contributed by atoms with Crippen LogP contribution in [0, 0.1) is 6.92 Å². The number of aromatic nitrogens is 2. The summed E-state index contributed by atoms with van der Waals surface area (Å²) in [6, 6.07) is 0. The molecule has 0 aromatic carbocycles. The zero-order valence-corrected chi connectivity index (χ0v) is 9.73. The van der Waals surface area contributed by atoms with Gasteiger partial charge in [-0.15, -0.1) is 10.2 Å². The minimum Gasteiger partial charge on any atom is -0.359 e. The van der Waals surface area contributed by atoms with Crippen molar-refractivity contribution >= 4 is 11.3 Å². The zero-order chi connectivity index (χ0) is 10.4. The lowest BCUT2D eigenvalue weighted by Gasteiger charge is -2.23. The summed E-state index contributed by atoms with van der Waals surface area (Å²) >= 11 is 1.62. The van der Waals surface area contributed by atoms with E-state index < -0.39 is 0 Å². The molecule has 0 saturated carbocycles. The predicted molar refractivity (Wildman–Crippen MR) is 55.2 cm³/mol. The van der Waals surface area contributed by atoms with Gasteiger partial charge in [-0.25, -0.2) is 0 Å². The fourth-order valence-electron chi connectivity index (χ4n) is 1.70. The van der Waals surface area contributed by atoms with Crippen LogP contribution in [0.15, 0.2) is 0 Å². The van der Waals surface area contributed by atoms with Crippen molar-refractivity contribution in [3.63, 3.8) is 0 Å². The van der Waals surface area contributed by atoms with Crippen molar-refractivity contribution < 1.29 is 4.74 Å². The lowest BCUT2D eigenvalue weighted by Crippen LogP contribution is -2.44. The van der Waals surface area contributed by atoms with Crippen molar-refractivity contribution in [1.29, 1.82) is 0 Å². The Labute approximate surface area is 87.7 Å². The standard InChI is InChI=1S/C9H15N3OS/c1-6-10-11-7(14-6)9(4)5-13-8(2,3)12-9/h12H,5H2,1-4H3. The van der Waals surface area contributed by atoms with E-state index in [1.54, 1.807) is 11.3 Å². The molecule has 0 bridgehead atoms. The molecule has 0 radical (unpaired) electrons. The third-order valence-corrected chi connectivity index (χ3v) is 3.40. The molecular weight excluding hydrogens is 198 g/mol. The van der Waals surface area contributed by atoms with Gasteiger partial charge in [-0.3, -0.25) is 5.32 Å². The third-order valence-electron chi connectivity index (χ3n) is 2.30. The number of hydrogen-bond acceptors (Lipinski definition) is 5. The van der Waals surface area contributed by atoms with Crippen LogP contribution in [0.25, 0.3) is 0 Å². The summed E-state index contributed by atoms with van der Waals surface area (Å²) in [5.41, 5.74) is -0.455. The van der Waals surface area contributed by atoms with Crippen molar-refractivity contribution in [2.45, 2.75) is 39.0 Å². The van der Waals surface area contributed by atoms with E-state index in [1.807, 2.05) is 20.8 Å². The summed E-state index contributed by atoms with van der Waals surface area (Å²) in [6.07, 6.45) is 0. The van der Waals surface area contributed by atoms with Gasteiger partial charge in [0.2, 0.25) is 0 Å². The Morgan fingerprint density at radius 2 is 2.07 bits per heavy atom. The summed E-state index contributed by atoms with van der Waals surface area (Å²) in [5, 5.41) is 13.6. The van der Waals surface area contributed by atoms with Gasteiger partial charge in [-0.05, 0) is 27.7 Å². The Morgan fingerprint density at radius 3 is 2.50 bits per heavy atom. The maximum Gasteiger partial charge on any atom is 0.139 e. The number of nitrogens with zero attached hydrogens (tertiary/aromatic N) is 2. The highest BCUT2D eigenvalue weighted by Crippen LogP contribution is 2.32. The van der Waals surface area contributed by atoms with E-state index in [-0.39, 0.29) is 11.3 Å². The molecule has 14 heavy (non-hydrogen) atoms. The van der Waals surface area contributed by atoms with Crippen LogP contribution >= 0.6 is 11.3 Å². The Hall–Kier alpha value is -0.520. The van der Waals surface area contributed by atoms with Crippen LogP contribution in [0.3, 0.4) is 0 Å². The van der Waals surface area contributed by atoms with Gasteiger partial charge < -0.3 is 4.74 Å². The van der Waals surface area contributed by atoms with Crippen LogP contribution in [0.5, 0.6) is 0 Å². The van der Waals surface area contributed by atoms with Crippen LogP contribution in [-0.2, 0) is 10.3 Å². The number of nitrogens with one attached hydrogen (secondary N) is 1. The van der Waals surface area contributed by atoms with E-state index in [9.17, 15) is 0 Å². The van der Waals surface area contributed by atoms with E-state index in [0.717, 1.165) is 10.0 Å². The normalized spacial score (nSPS) is 30.9. The van der Waals surface area contributed by atoms with Crippen molar-refractivity contribution in [3.8, 4) is 0 Å². The molecule has 1 saturated heterocycles. The molecule has 5 heteroatoms. The predicted octanol–water partition coefficient (Wildman–Crippen LogP) is 1.42. The fraction of sp³-hybridized carbons (Fsp3) is 0.778. The molecule has 1 aliphatic heterocycles. The molecule has 1 fully saturated rings. The average Bonchev–Trinajstić information content (AvgIpc) is 2.57. The van der Waals surface area contributed by atoms with Gasteiger partial charge in [-0.1, -0.05) is 11.3 Å². The monoisotopic (exact) mass is 213 g/mol. The van der Waals surface area contributed by atoms with E-state index in [4.69, 9.17) is 4.74 Å². The molecule has 1 aromatic rings. The summed E-state index contributed by atoms with van der Waals surface area (Å²) in [5.74, 6) is 0. The van der Waals surface area contributed by atoms with Gasteiger partial charge in [-0.2, -0.15) is 0 Å². The van der Waals surface area contributed by atoms with Crippen molar-refractivity contribution in [2.75, 3.05) is 6.61 Å². The SMILES string of the molecule is Cc1nnc(C2(C)COC(C)(C)N2)s1. The number of ether oxygens (including phenoxy) is 1. The Kier molecular flexibility index (Phi) is 2.13. The Balaban J connectivity index is 2.27. The first-order valence-corrected chi connectivity index (χ1v) is 5.47. The van der Waals surface area contributed by atoms with E-state index in [0.29, 0.717) is 6.61 Å². The number of hydrogen-bond donors (Lipinski definition) is 1. The largest absolute Gasteiger partial charge is 0.359 e. The quantitative estimate of drug-likeness (QED) is 0.766. The fourth-order valence-corrected chi connectivity index (χ4v) is 2.47. The first-order chi connectivity index (χ1) is 6.41. The molecule has 1 N–H and O–H groups in total. The van der Waals surface area contributed by atoms with Gasteiger partial charge >= 0.3 is 0 Å². The van der Waals surface area contributed by atoms with Crippen LogP contribution in [0.1, 0.15) is 30.8 Å². The molecule has 2 heterocycles. The maximum atomic E-state index is 5.65. The topological polar surface area (TPSA) is 47.0 Å². The van der Waals surface area contributed by atoms with Gasteiger partial charge in [0.25, 0.3) is 0 Å². The Morgan fingerprint density at radius 1 is 1.36 bits per heavy atom. The summed E-state index contributed by atoms with van der Waals surface area (Å²) in [6.45, 7) is 8.75. The molecule has 0 spiro atoms. The molecule has 1 atom stereocenters. The molecule has 2 rings (SSSR count). The van der Waals surface area contributed by atoms with Gasteiger partial charge in [0, 0.05) is 0 Å². The van der Waals surface area contributed by atoms with E-state index in [2.05, 4.69) is 22.4 Å². The highest BCUT2D eigenvalue weighted by molar-refractivity contribution is 7.11. The lowest BCUT2D eigenvalue weighted by molar-refractivity contribution is 0.0227. The van der Waals surface area contributed by atoms with Crippen LogP contribution < -0.4 is 5.32 Å². The Bertz CT molecular complexity index is 350. The molecule has 78 valence electrons. The number of rotatable bonds is 1. The molecule has 4 nitrogen and oxygen atoms in total. The molecule has 0 aliphatic carbocycles. The molecule has 0 amide bonds. The highest BCUT2D eigenvalue weighted by Gasteiger charge is 2.43. The second-order valence-corrected chi connectivity index (χ2v) is 5.56. The molecule has 1 aliphatic rings. The minimum atomic E-state index is -0.270. The van der Waals surface area contributed by atoms with E-state index >= 15 is 0 Å². The van der Waals surface area contributed by atoms with Crippen LogP contribution in [0.4, 0.5) is 0 Å². The van der Waals surface area contributed by atoms with E-state index in [1.165, 1.54) is 0 Å². The summed E-state index contributed by atoms with van der Waals surface area (Å²) in [7, 11) is 0. The van der Waals surface area contributed by atoms with Crippen molar-refractivity contribution in [2.24, 2.45) is 0 Å². The number of aryl methyl sites for hydroxylation is 1. The van der Waals surface area contributed by atoms with Crippen molar-refractivity contribution in [1.82, 2.24) is 15.5 Å². The third kappa shape index (κ3) is 1.67. The molecular formula is C9H15N3OS. The van der Waals surface area contributed by atoms with Gasteiger partial charge in [0.05, 0.1) is 12.1 Å². The summed E-state index contributed by atoms with van der Waals surface area (Å²) < 4.78 is 5.65.